The van der Waals surface area contributed by atoms with E-state index < -0.39 is 5.92 Å². The lowest BCUT2D eigenvalue weighted by Gasteiger charge is -2.16. The molecule has 1 N–H and O–H groups in total. The summed E-state index contributed by atoms with van der Waals surface area (Å²) in [5.41, 5.74) is 4.18. The van der Waals surface area contributed by atoms with E-state index in [1.807, 2.05) is 20.8 Å². The van der Waals surface area contributed by atoms with Gasteiger partial charge in [0.2, 0.25) is 11.8 Å². The highest BCUT2D eigenvalue weighted by Gasteiger charge is 2.35. The smallest absolute Gasteiger partial charge is 0.250 e. The van der Waals surface area contributed by atoms with Crippen LogP contribution in [0.1, 0.15) is 23.4 Å². The molecule has 8 nitrogen and oxygen atoms in total. The number of nitrogens with one attached hydrogen (secondary N) is 1. The summed E-state index contributed by atoms with van der Waals surface area (Å²) in [5, 5.41) is 7.84. The lowest BCUT2D eigenvalue weighted by atomic mass is 10.1. The van der Waals surface area contributed by atoms with Gasteiger partial charge in [0.05, 0.1) is 29.7 Å². The third-order valence-electron chi connectivity index (χ3n) is 5.38. The molecule has 1 aromatic carbocycles. The van der Waals surface area contributed by atoms with E-state index in [1.54, 1.807) is 46.2 Å². The number of aromatic nitrogens is 4. The molecule has 2 amide bonds. The number of hydrogen-bond acceptors (Lipinski definition) is 5. The van der Waals surface area contributed by atoms with Crippen molar-refractivity contribution in [1.82, 2.24) is 19.7 Å². The zero-order valence-corrected chi connectivity index (χ0v) is 17.6. The van der Waals surface area contributed by atoms with Gasteiger partial charge in [-0.1, -0.05) is 11.6 Å². The summed E-state index contributed by atoms with van der Waals surface area (Å²) >= 11 is 5.91. The van der Waals surface area contributed by atoms with Gasteiger partial charge in [0.1, 0.15) is 0 Å². The molecule has 0 saturated carbocycles. The van der Waals surface area contributed by atoms with E-state index in [2.05, 4.69) is 20.4 Å². The average molecular weight is 425 g/mol. The third kappa shape index (κ3) is 3.78. The first-order valence-corrected chi connectivity index (χ1v) is 9.93. The Morgan fingerprint density at radius 3 is 2.40 bits per heavy atom. The van der Waals surface area contributed by atoms with Crippen molar-refractivity contribution >= 4 is 34.8 Å². The standard InChI is InChI=1S/C21H21ClN6O2/c1-12-13(2)26-28(14(12)3)21-23-9-17(10-24-21)25-20(30)15-8-19(29)27(11-15)18-6-4-16(22)5-7-18/h4-7,9-10,15H,8,11H2,1-3H3,(H,25,30). The molecular weight excluding hydrogens is 404 g/mol. The summed E-state index contributed by atoms with van der Waals surface area (Å²) in [6, 6.07) is 6.99. The molecule has 1 aliphatic heterocycles. The van der Waals surface area contributed by atoms with E-state index in [4.69, 9.17) is 11.6 Å². The van der Waals surface area contributed by atoms with Crippen molar-refractivity contribution in [2.24, 2.45) is 5.92 Å². The van der Waals surface area contributed by atoms with Crippen molar-refractivity contribution in [3.05, 3.63) is 58.6 Å². The number of amides is 2. The maximum Gasteiger partial charge on any atom is 0.250 e. The second-order valence-electron chi connectivity index (χ2n) is 7.35. The Kier molecular flexibility index (Phi) is 5.26. The van der Waals surface area contributed by atoms with Crippen LogP contribution in [-0.2, 0) is 9.59 Å². The Morgan fingerprint density at radius 2 is 1.80 bits per heavy atom. The van der Waals surface area contributed by atoms with Crippen LogP contribution in [0, 0.1) is 26.7 Å². The van der Waals surface area contributed by atoms with Crippen LogP contribution < -0.4 is 10.2 Å². The fourth-order valence-electron chi connectivity index (χ4n) is 3.41. The van der Waals surface area contributed by atoms with E-state index in [0.717, 1.165) is 22.6 Å². The fraction of sp³-hybridized carbons (Fsp3) is 0.286. The van der Waals surface area contributed by atoms with Gasteiger partial charge >= 0.3 is 0 Å². The third-order valence-corrected chi connectivity index (χ3v) is 5.63. The Balaban J connectivity index is 1.43. The summed E-state index contributed by atoms with van der Waals surface area (Å²) < 4.78 is 1.68. The summed E-state index contributed by atoms with van der Waals surface area (Å²) in [7, 11) is 0. The van der Waals surface area contributed by atoms with Crippen molar-refractivity contribution in [1.29, 1.82) is 0 Å². The van der Waals surface area contributed by atoms with Crippen molar-refractivity contribution in [3.8, 4) is 5.95 Å². The first-order valence-electron chi connectivity index (χ1n) is 9.55. The van der Waals surface area contributed by atoms with Crippen LogP contribution in [0.2, 0.25) is 5.02 Å². The Bertz CT molecular complexity index is 1110. The van der Waals surface area contributed by atoms with Crippen LogP contribution >= 0.6 is 11.6 Å². The monoisotopic (exact) mass is 424 g/mol. The lowest BCUT2D eigenvalue weighted by molar-refractivity contribution is -0.122. The highest BCUT2D eigenvalue weighted by atomic mass is 35.5. The molecule has 1 aliphatic rings. The minimum absolute atomic E-state index is 0.0935. The number of nitrogens with zero attached hydrogens (tertiary/aromatic N) is 5. The minimum Gasteiger partial charge on any atom is -0.323 e. The highest BCUT2D eigenvalue weighted by molar-refractivity contribution is 6.30. The molecular formula is C21H21ClN6O2. The van der Waals surface area contributed by atoms with Crippen LogP contribution in [0.15, 0.2) is 36.7 Å². The normalized spacial score (nSPS) is 16.2. The highest BCUT2D eigenvalue weighted by Crippen LogP contribution is 2.27. The van der Waals surface area contributed by atoms with Gasteiger partial charge in [0.25, 0.3) is 5.95 Å². The maximum absolute atomic E-state index is 12.7. The molecule has 0 aliphatic carbocycles. The number of aryl methyl sites for hydroxylation is 1. The number of rotatable bonds is 4. The van der Waals surface area contributed by atoms with E-state index in [0.29, 0.717) is 23.2 Å². The Morgan fingerprint density at radius 1 is 1.13 bits per heavy atom. The maximum atomic E-state index is 12.7. The molecule has 30 heavy (non-hydrogen) atoms. The zero-order chi connectivity index (χ0) is 21.4. The minimum atomic E-state index is -0.452. The molecule has 154 valence electrons. The van der Waals surface area contributed by atoms with Crippen LogP contribution in [0.3, 0.4) is 0 Å². The van der Waals surface area contributed by atoms with E-state index in [-0.39, 0.29) is 18.2 Å². The largest absolute Gasteiger partial charge is 0.323 e. The SMILES string of the molecule is Cc1nn(-c2ncc(NC(=O)C3CC(=O)N(c4ccc(Cl)cc4)C3)cn2)c(C)c1C. The number of carbonyl (C=O) groups is 2. The molecule has 1 saturated heterocycles. The van der Waals surface area contributed by atoms with Gasteiger partial charge in [-0.25, -0.2) is 14.6 Å². The average Bonchev–Trinajstić information content (AvgIpc) is 3.24. The van der Waals surface area contributed by atoms with Crippen molar-refractivity contribution in [2.45, 2.75) is 27.2 Å². The summed E-state index contributed by atoms with van der Waals surface area (Å²) in [4.78, 5) is 35.3. The van der Waals surface area contributed by atoms with E-state index in [9.17, 15) is 9.59 Å². The van der Waals surface area contributed by atoms with Gasteiger partial charge in [-0.2, -0.15) is 5.10 Å². The molecule has 0 spiro atoms. The summed E-state index contributed by atoms with van der Waals surface area (Å²) in [6.45, 7) is 6.21. The van der Waals surface area contributed by atoms with Gasteiger partial charge < -0.3 is 10.2 Å². The quantitative estimate of drug-likeness (QED) is 0.694. The lowest BCUT2D eigenvalue weighted by Crippen LogP contribution is -2.28. The molecule has 1 fully saturated rings. The number of hydrogen-bond donors (Lipinski definition) is 1. The number of halogens is 1. The first-order chi connectivity index (χ1) is 14.3. The molecule has 1 atom stereocenters. The van der Waals surface area contributed by atoms with E-state index in [1.165, 1.54) is 0 Å². The second kappa shape index (κ2) is 7.87. The van der Waals surface area contributed by atoms with Gasteiger partial charge in [0.15, 0.2) is 0 Å². The topological polar surface area (TPSA) is 93.0 Å². The summed E-state index contributed by atoms with van der Waals surface area (Å²) in [6.07, 6.45) is 3.23. The first kappa shape index (κ1) is 20.0. The van der Waals surface area contributed by atoms with Gasteiger partial charge in [0, 0.05) is 29.4 Å². The number of benzene rings is 1. The van der Waals surface area contributed by atoms with Gasteiger partial charge in [-0.3, -0.25) is 9.59 Å². The van der Waals surface area contributed by atoms with Crippen molar-refractivity contribution in [3.63, 3.8) is 0 Å². The summed E-state index contributed by atoms with van der Waals surface area (Å²) in [5.74, 6) is -0.347. The van der Waals surface area contributed by atoms with Crippen LogP contribution in [0.25, 0.3) is 5.95 Å². The van der Waals surface area contributed by atoms with Gasteiger partial charge in [-0.15, -0.1) is 0 Å². The van der Waals surface area contributed by atoms with E-state index >= 15 is 0 Å². The van der Waals surface area contributed by atoms with Crippen LogP contribution in [-0.4, -0.2) is 38.1 Å². The van der Waals surface area contributed by atoms with Gasteiger partial charge in [-0.05, 0) is 50.6 Å². The van der Waals surface area contributed by atoms with Crippen molar-refractivity contribution < 1.29 is 9.59 Å². The fourth-order valence-corrected chi connectivity index (χ4v) is 3.53. The second-order valence-corrected chi connectivity index (χ2v) is 7.79. The van der Waals surface area contributed by atoms with Crippen molar-refractivity contribution in [2.75, 3.05) is 16.8 Å². The molecule has 0 radical (unpaired) electrons. The molecule has 0 bridgehead atoms. The Hall–Kier alpha value is -3.26. The molecule has 3 aromatic rings. The van der Waals surface area contributed by atoms with Crippen LogP contribution in [0.4, 0.5) is 11.4 Å². The molecule has 4 rings (SSSR count). The zero-order valence-electron chi connectivity index (χ0n) is 16.9. The molecule has 3 heterocycles. The molecule has 2 aromatic heterocycles. The molecule has 1 unspecified atom stereocenters. The predicted molar refractivity (Wildman–Crippen MR) is 114 cm³/mol. The van der Waals surface area contributed by atoms with Crippen LogP contribution in [0.5, 0.6) is 0 Å². The Labute approximate surface area is 178 Å². The number of anilines is 2. The predicted octanol–water partition coefficient (Wildman–Crippen LogP) is 3.23. The molecule has 9 heteroatoms. The number of carbonyl (C=O) groups excluding carboxylic acids is 2.